The summed E-state index contributed by atoms with van der Waals surface area (Å²) in [6.07, 6.45) is 5.05. The zero-order chi connectivity index (χ0) is 20.1. The number of pyridine rings is 1. The van der Waals surface area contributed by atoms with Gasteiger partial charge in [0.15, 0.2) is 0 Å². The molecule has 0 amide bonds. The number of carboxylic acids is 1. The summed E-state index contributed by atoms with van der Waals surface area (Å²) in [4.78, 5) is 28.5. The number of aliphatic carboxylic acids is 1. The second kappa shape index (κ2) is 8.94. The largest absolute Gasteiger partial charge is 0.478 e. The van der Waals surface area contributed by atoms with Crippen LogP contribution in [0.5, 0.6) is 0 Å². The second-order valence-electron chi connectivity index (χ2n) is 7.50. The van der Waals surface area contributed by atoms with Crippen LogP contribution in [0.4, 0.5) is 11.5 Å². The maximum atomic E-state index is 11.7. The van der Waals surface area contributed by atoms with Crippen molar-refractivity contribution in [3.63, 3.8) is 0 Å². The van der Waals surface area contributed by atoms with Crippen molar-refractivity contribution in [2.24, 2.45) is 5.92 Å². The van der Waals surface area contributed by atoms with E-state index in [1.165, 1.54) is 12.3 Å². The van der Waals surface area contributed by atoms with Crippen molar-refractivity contribution in [2.75, 3.05) is 11.4 Å². The first kappa shape index (κ1) is 20.8. The molecule has 148 valence electrons. The summed E-state index contributed by atoms with van der Waals surface area (Å²) in [6.45, 7) is 6.30. The lowest BCUT2D eigenvalue weighted by molar-refractivity contribution is -0.384. The van der Waals surface area contributed by atoms with Crippen molar-refractivity contribution in [3.05, 3.63) is 34.0 Å². The lowest BCUT2D eigenvalue weighted by Crippen LogP contribution is -2.42. The van der Waals surface area contributed by atoms with Crippen LogP contribution in [-0.4, -0.2) is 44.8 Å². The molecule has 0 saturated heterocycles. The highest BCUT2D eigenvalue weighted by Crippen LogP contribution is 2.34. The fourth-order valence-electron chi connectivity index (χ4n) is 3.46. The van der Waals surface area contributed by atoms with Crippen molar-refractivity contribution in [2.45, 2.75) is 58.6 Å². The zero-order valence-corrected chi connectivity index (χ0v) is 16.0. The van der Waals surface area contributed by atoms with Crippen molar-refractivity contribution >= 4 is 23.0 Å². The van der Waals surface area contributed by atoms with Crippen LogP contribution in [0.15, 0.2) is 18.3 Å². The Labute approximate surface area is 158 Å². The van der Waals surface area contributed by atoms with Crippen LogP contribution in [0.25, 0.3) is 5.57 Å². The molecule has 8 heteroatoms. The van der Waals surface area contributed by atoms with E-state index in [0.717, 1.165) is 18.9 Å². The van der Waals surface area contributed by atoms with Gasteiger partial charge in [-0.2, -0.15) is 0 Å². The van der Waals surface area contributed by atoms with E-state index in [1.54, 1.807) is 6.92 Å². The van der Waals surface area contributed by atoms with Crippen LogP contribution in [0.3, 0.4) is 0 Å². The smallest absolute Gasteiger partial charge is 0.328 e. The van der Waals surface area contributed by atoms with Crippen LogP contribution >= 0.6 is 0 Å². The Kier molecular flexibility index (Phi) is 6.90. The normalized spacial score (nSPS) is 20.6. The topological polar surface area (TPSA) is 117 Å². The Morgan fingerprint density at radius 1 is 1.41 bits per heavy atom. The molecule has 0 radical (unpaired) electrons. The monoisotopic (exact) mass is 377 g/mol. The molecule has 0 aromatic carbocycles. The minimum atomic E-state index is -1.11. The summed E-state index contributed by atoms with van der Waals surface area (Å²) in [5.41, 5.74) is 0.690. The molecule has 2 N–H and O–H groups in total. The van der Waals surface area contributed by atoms with Crippen molar-refractivity contribution in [1.29, 1.82) is 0 Å². The maximum Gasteiger partial charge on any atom is 0.328 e. The molecule has 0 aliphatic heterocycles. The van der Waals surface area contributed by atoms with Gasteiger partial charge in [-0.3, -0.25) is 10.1 Å². The molecule has 0 unspecified atom stereocenters. The Hall–Kier alpha value is -2.48. The van der Waals surface area contributed by atoms with E-state index in [2.05, 4.69) is 4.98 Å². The number of nitro groups is 1. The van der Waals surface area contributed by atoms with E-state index < -0.39 is 10.9 Å². The van der Waals surface area contributed by atoms with Gasteiger partial charge in [0.05, 0.1) is 11.0 Å². The summed E-state index contributed by atoms with van der Waals surface area (Å²) in [5, 5.41) is 30.4. The van der Waals surface area contributed by atoms with Crippen molar-refractivity contribution in [1.82, 2.24) is 4.98 Å². The average molecular weight is 377 g/mol. The minimum Gasteiger partial charge on any atom is -0.478 e. The number of carboxylic acid groups (broad SMARTS) is 1. The molecule has 1 aromatic rings. The number of rotatable bonds is 7. The van der Waals surface area contributed by atoms with Crippen molar-refractivity contribution in [3.8, 4) is 0 Å². The van der Waals surface area contributed by atoms with E-state index >= 15 is 0 Å². The number of nitrogens with zero attached hydrogens (tertiary/aromatic N) is 3. The number of aliphatic hydroxyl groups excluding tert-OH is 1. The quantitative estimate of drug-likeness (QED) is 0.425. The molecule has 0 bridgehead atoms. The van der Waals surface area contributed by atoms with Crippen LogP contribution in [0.1, 0.15) is 52.0 Å². The first-order chi connectivity index (χ1) is 12.7. The predicted octanol–water partition coefficient (Wildman–Crippen LogP) is 3.24. The lowest BCUT2D eigenvalue weighted by atomic mass is 9.91. The van der Waals surface area contributed by atoms with Crippen LogP contribution in [-0.2, 0) is 4.79 Å². The molecule has 0 atom stereocenters. The molecular formula is C19H27N3O5. The number of aliphatic hydroxyl groups is 1. The Morgan fingerprint density at radius 2 is 2.04 bits per heavy atom. The fourth-order valence-corrected chi connectivity index (χ4v) is 3.46. The summed E-state index contributed by atoms with van der Waals surface area (Å²) in [7, 11) is 0. The first-order valence-electron chi connectivity index (χ1n) is 9.19. The standard InChI is InChI=1S/C19H27N3O5/c1-12(2)11-21(15-4-6-16(23)7-5-15)19-17(22(26)27)9-14(10-20-19)13(3)8-18(24)25/h8-10,12,15-16,23H,4-7,11H2,1-3H3,(H,24,25)/b13-8+/t15-,16-. The number of allylic oxidation sites excluding steroid dienone is 1. The van der Waals surface area contributed by atoms with E-state index in [9.17, 15) is 20.0 Å². The third-order valence-electron chi connectivity index (χ3n) is 4.78. The fraction of sp³-hybridized carbons (Fsp3) is 0.579. The van der Waals surface area contributed by atoms with E-state index in [4.69, 9.17) is 5.11 Å². The van der Waals surface area contributed by atoms with Gasteiger partial charge in [0, 0.05) is 36.5 Å². The molecule has 1 aliphatic rings. The molecule has 1 aromatic heterocycles. The first-order valence-corrected chi connectivity index (χ1v) is 9.19. The van der Waals surface area contributed by atoms with Gasteiger partial charge in [-0.25, -0.2) is 9.78 Å². The third kappa shape index (κ3) is 5.50. The van der Waals surface area contributed by atoms with Crippen LogP contribution in [0.2, 0.25) is 0 Å². The van der Waals surface area contributed by atoms with Gasteiger partial charge in [-0.1, -0.05) is 13.8 Å². The Balaban J connectivity index is 2.44. The minimum absolute atomic E-state index is 0.0866. The van der Waals surface area contributed by atoms with Gasteiger partial charge in [0.1, 0.15) is 0 Å². The lowest BCUT2D eigenvalue weighted by Gasteiger charge is -2.37. The molecule has 1 saturated carbocycles. The van der Waals surface area contributed by atoms with Crippen LogP contribution < -0.4 is 4.90 Å². The number of hydrogen-bond acceptors (Lipinski definition) is 6. The summed E-state index contributed by atoms with van der Waals surface area (Å²) < 4.78 is 0. The zero-order valence-electron chi connectivity index (χ0n) is 16.0. The molecule has 27 heavy (non-hydrogen) atoms. The summed E-state index contributed by atoms with van der Waals surface area (Å²) in [6, 6.07) is 1.48. The number of aromatic nitrogens is 1. The molecule has 1 heterocycles. The highest BCUT2D eigenvalue weighted by Gasteiger charge is 2.31. The molecule has 1 fully saturated rings. The summed E-state index contributed by atoms with van der Waals surface area (Å²) >= 11 is 0. The maximum absolute atomic E-state index is 11.7. The molecular weight excluding hydrogens is 350 g/mol. The molecule has 1 aliphatic carbocycles. The number of carbonyl (C=O) groups is 1. The second-order valence-corrected chi connectivity index (χ2v) is 7.50. The van der Waals surface area contributed by atoms with Gasteiger partial charge in [-0.15, -0.1) is 0 Å². The SMILES string of the molecule is C/C(=C\C(=O)O)c1cnc(N(CC(C)C)[C@H]2CC[C@H](O)CC2)c([N+](=O)[O-])c1. The molecule has 0 spiro atoms. The summed E-state index contributed by atoms with van der Waals surface area (Å²) in [5.74, 6) is -0.519. The van der Waals surface area contributed by atoms with Gasteiger partial charge in [0.2, 0.25) is 5.82 Å². The number of anilines is 1. The van der Waals surface area contributed by atoms with Crippen molar-refractivity contribution < 1.29 is 19.9 Å². The molecule has 8 nitrogen and oxygen atoms in total. The average Bonchev–Trinajstić information content (AvgIpc) is 2.59. The Bertz CT molecular complexity index is 724. The van der Waals surface area contributed by atoms with E-state index in [0.29, 0.717) is 36.3 Å². The van der Waals surface area contributed by atoms with Gasteiger partial charge < -0.3 is 15.1 Å². The highest BCUT2D eigenvalue weighted by atomic mass is 16.6. The van der Waals surface area contributed by atoms with E-state index in [1.807, 2.05) is 18.7 Å². The van der Waals surface area contributed by atoms with Gasteiger partial charge >= 0.3 is 11.7 Å². The van der Waals surface area contributed by atoms with Crippen LogP contribution in [0, 0.1) is 16.0 Å². The van der Waals surface area contributed by atoms with Gasteiger partial charge in [0.25, 0.3) is 0 Å². The Morgan fingerprint density at radius 3 is 2.56 bits per heavy atom. The molecule has 2 rings (SSSR count). The van der Waals surface area contributed by atoms with Gasteiger partial charge in [-0.05, 0) is 44.1 Å². The predicted molar refractivity (Wildman–Crippen MR) is 103 cm³/mol. The van der Waals surface area contributed by atoms with E-state index in [-0.39, 0.29) is 23.8 Å². The third-order valence-corrected chi connectivity index (χ3v) is 4.78. The highest BCUT2D eigenvalue weighted by molar-refractivity contribution is 5.89. The number of hydrogen-bond donors (Lipinski definition) is 2.